The van der Waals surface area contributed by atoms with Gasteiger partial charge in [-0.05, 0) is 18.6 Å². The van der Waals surface area contributed by atoms with Crippen molar-refractivity contribution < 1.29 is 8.42 Å². The van der Waals surface area contributed by atoms with Gasteiger partial charge in [-0.1, -0.05) is 25.1 Å². The molecule has 0 saturated carbocycles. The van der Waals surface area contributed by atoms with E-state index >= 15 is 0 Å². The molecule has 1 aromatic rings. The molecule has 0 spiro atoms. The fourth-order valence-electron chi connectivity index (χ4n) is 1.35. The van der Waals surface area contributed by atoms with Gasteiger partial charge >= 0.3 is 0 Å². The summed E-state index contributed by atoms with van der Waals surface area (Å²) < 4.78 is 25.4. The predicted octanol–water partition coefficient (Wildman–Crippen LogP) is 1.61. The number of nitrogens with zero attached hydrogens (tertiary/aromatic N) is 2. The highest BCUT2D eigenvalue weighted by Crippen LogP contribution is 2.14. The van der Waals surface area contributed by atoms with E-state index in [4.69, 9.17) is 5.26 Å². The number of sulfonamides is 1. The van der Waals surface area contributed by atoms with Crippen LogP contribution in [0.1, 0.15) is 13.3 Å². The van der Waals surface area contributed by atoms with Gasteiger partial charge in [0.2, 0.25) is 10.0 Å². The maximum absolute atomic E-state index is 12.1. The second-order valence-electron chi connectivity index (χ2n) is 3.31. The third-order valence-corrected chi connectivity index (χ3v) is 3.96. The van der Waals surface area contributed by atoms with Crippen molar-refractivity contribution in [3.05, 3.63) is 30.3 Å². The molecule has 0 fully saturated rings. The maximum atomic E-state index is 12.1. The SMILES string of the molecule is CCCN(CC#N)S(=O)(=O)c1ccccc1. The third kappa shape index (κ3) is 2.81. The van der Waals surface area contributed by atoms with E-state index in [0.29, 0.717) is 13.0 Å². The Morgan fingerprint density at radius 1 is 1.31 bits per heavy atom. The lowest BCUT2D eigenvalue weighted by Gasteiger charge is -2.18. The van der Waals surface area contributed by atoms with Crippen molar-refractivity contribution in [3.63, 3.8) is 0 Å². The van der Waals surface area contributed by atoms with Crippen LogP contribution in [-0.2, 0) is 10.0 Å². The van der Waals surface area contributed by atoms with Gasteiger partial charge in [0.05, 0.1) is 11.0 Å². The van der Waals surface area contributed by atoms with Crippen LogP contribution in [0.3, 0.4) is 0 Å². The molecule has 0 saturated heterocycles. The Kier molecular flexibility index (Phi) is 4.47. The molecule has 0 atom stereocenters. The predicted molar refractivity (Wildman–Crippen MR) is 61.1 cm³/mol. The minimum Gasteiger partial charge on any atom is -0.207 e. The lowest BCUT2D eigenvalue weighted by molar-refractivity contribution is 0.444. The number of hydrogen-bond donors (Lipinski definition) is 0. The molecule has 1 rings (SSSR count). The summed E-state index contributed by atoms with van der Waals surface area (Å²) in [7, 11) is -3.51. The highest BCUT2D eigenvalue weighted by molar-refractivity contribution is 7.89. The monoisotopic (exact) mass is 238 g/mol. The Hall–Kier alpha value is -1.38. The van der Waals surface area contributed by atoms with Gasteiger partial charge < -0.3 is 0 Å². The van der Waals surface area contributed by atoms with Crippen LogP contribution in [0.2, 0.25) is 0 Å². The molecule has 0 aliphatic carbocycles. The van der Waals surface area contributed by atoms with Crippen LogP contribution in [0.15, 0.2) is 35.2 Å². The molecule has 1 aromatic carbocycles. The van der Waals surface area contributed by atoms with Gasteiger partial charge in [-0.15, -0.1) is 0 Å². The van der Waals surface area contributed by atoms with E-state index in [9.17, 15) is 8.42 Å². The van der Waals surface area contributed by atoms with Gasteiger partial charge in [-0.3, -0.25) is 0 Å². The van der Waals surface area contributed by atoms with E-state index in [2.05, 4.69) is 0 Å². The normalized spacial score (nSPS) is 11.3. The quantitative estimate of drug-likeness (QED) is 0.732. The minimum absolute atomic E-state index is 0.106. The molecule has 86 valence electrons. The molecule has 16 heavy (non-hydrogen) atoms. The molecular formula is C11H14N2O2S. The second-order valence-corrected chi connectivity index (χ2v) is 5.25. The van der Waals surface area contributed by atoms with Crippen molar-refractivity contribution in [2.75, 3.05) is 13.1 Å². The minimum atomic E-state index is -3.51. The first-order chi connectivity index (χ1) is 7.62. The molecule has 0 unspecified atom stereocenters. The van der Waals surface area contributed by atoms with Crippen molar-refractivity contribution >= 4 is 10.0 Å². The summed E-state index contributed by atoms with van der Waals surface area (Å²) in [5.74, 6) is 0. The van der Waals surface area contributed by atoms with Crippen LogP contribution >= 0.6 is 0 Å². The molecular weight excluding hydrogens is 224 g/mol. The first-order valence-electron chi connectivity index (χ1n) is 5.05. The molecule has 0 N–H and O–H groups in total. The summed E-state index contributed by atoms with van der Waals surface area (Å²) >= 11 is 0. The number of nitriles is 1. The van der Waals surface area contributed by atoms with Crippen molar-refractivity contribution in [3.8, 4) is 6.07 Å². The molecule has 0 aliphatic heterocycles. The summed E-state index contributed by atoms with van der Waals surface area (Å²) in [6, 6.07) is 10.0. The Balaban J connectivity index is 3.04. The number of hydrogen-bond acceptors (Lipinski definition) is 3. The van der Waals surface area contributed by atoms with Crippen LogP contribution < -0.4 is 0 Å². The first-order valence-corrected chi connectivity index (χ1v) is 6.49. The Bertz CT molecular complexity index is 463. The summed E-state index contributed by atoms with van der Waals surface area (Å²) in [5, 5.41) is 8.62. The van der Waals surface area contributed by atoms with Gasteiger partial charge in [-0.2, -0.15) is 9.57 Å². The van der Waals surface area contributed by atoms with Crippen molar-refractivity contribution in [2.45, 2.75) is 18.2 Å². The van der Waals surface area contributed by atoms with Gasteiger partial charge in [0.1, 0.15) is 6.54 Å². The Morgan fingerprint density at radius 2 is 1.94 bits per heavy atom. The van der Waals surface area contributed by atoms with Gasteiger partial charge in [0.25, 0.3) is 0 Å². The van der Waals surface area contributed by atoms with Gasteiger partial charge in [0, 0.05) is 6.54 Å². The smallest absolute Gasteiger partial charge is 0.207 e. The zero-order valence-corrected chi connectivity index (χ0v) is 9.94. The number of rotatable bonds is 5. The lowest BCUT2D eigenvalue weighted by atomic mass is 10.4. The topological polar surface area (TPSA) is 61.2 Å². The largest absolute Gasteiger partial charge is 0.244 e. The molecule has 4 nitrogen and oxygen atoms in total. The van der Waals surface area contributed by atoms with Crippen LogP contribution in [0, 0.1) is 11.3 Å². The second kappa shape index (κ2) is 5.64. The van der Waals surface area contributed by atoms with Crippen LogP contribution in [0.25, 0.3) is 0 Å². The van der Waals surface area contributed by atoms with Crippen LogP contribution in [-0.4, -0.2) is 25.8 Å². The summed E-state index contributed by atoms with van der Waals surface area (Å²) in [6.45, 7) is 2.14. The van der Waals surface area contributed by atoms with E-state index in [0.717, 1.165) is 0 Å². The molecule has 0 aromatic heterocycles. The molecule has 0 aliphatic rings. The molecule has 0 bridgehead atoms. The van der Waals surface area contributed by atoms with E-state index in [1.54, 1.807) is 18.2 Å². The highest BCUT2D eigenvalue weighted by atomic mass is 32.2. The first kappa shape index (κ1) is 12.7. The van der Waals surface area contributed by atoms with Crippen molar-refractivity contribution in [1.82, 2.24) is 4.31 Å². The highest BCUT2D eigenvalue weighted by Gasteiger charge is 2.22. The maximum Gasteiger partial charge on any atom is 0.244 e. The molecule has 0 radical (unpaired) electrons. The fraction of sp³-hybridized carbons (Fsp3) is 0.364. The Labute approximate surface area is 96.2 Å². The molecule has 5 heteroatoms. The van der Waals surface area contributed by atoms with Crippen molar-refractivity contribution in [2.24, 2.45) is 0 Å². The van der Waals surface area contributed by atoms with E-state index < -0.39 is 10.0 Å². The third-order valence-electron chi connectivity index (χ3n) is 2.10. The van der Waals surface area contributed by atoms with E-state index in [-0.39, 0.29) is 11.4 Å². The van der Waals surface area contributed by atoms with Gasteiger partial charge in [-0.25, -0.2) is 8.42 Å². The Morgan fingerprint density at radius 3 is 2.44 bits per heavy atom. The van der Waals surface area contributed by atoms with Gasteiger partial charge in [0.15, 0.2) is 0 Å². The van der Waals surface area contributed by atoms with E-state index in [1.165, 1.54) is 16.4 Å². The zero-order valence-electron chi connectivity index (χ0n) is 9.13. The van der Waals surface area contributed by atoms with Crippen LogP contribution in [0.5, 0.6) is 0 Å². The average molecular weight is 238 g/mol. The van der Waals surface area contributed by atoms with Crippen LogP contribution in [0.4, 0.5) is 0 Å². The molecule has 0 amide bonds. The average Bonchev–Trinajstić information content (AvgIpc) is 2.30. The molecule has 0 heterocycles. The zero-order chi connectivity index (χ0) is 12.0. The van der Waals surface area contributed by atoms with Crippen molar-refractivity contribution in [1.29, 1.82) is 5.26 Å². The summed E-state index contributed by atoms with van der Waals surface area (Å²) in [6.07, 6.45) is 0.688. The summed E-state index contributed by atoms with van der Waals surface area (Å²) in [5.41, 5.74) is 0. The number of benzene rings is 1. The summed E-state index contributed by atoms with van der Waals surface area (Å²) in [4.78, 5) is 0.235. The lowest BCUT2D eigenvalue weighted by Crippen LogP contribution is -2.32. The van der Waals surface area contributed by atoms with E-state index in [1.807, 2.05) is 13.0 Å². The standard InChI is InChI=1S/C11H14N2O2S/c1-2-9-13(10-8-12)16(14,15)11-6-4-3-5-7-11/h3-7H,2,9-10H2,1H3. The fourth-order valence-corrected chi connectivity index (χ4v) is 2.80.